The third-order valence-corrected chi connectivity index (χ3v) is 5.12. The Labute approximate surface area is 165 Å². The lowest BCUT2D eigenvalue weighted by Gasteiger charge is -2.28. The summed E-state index contributed by atoms with van der Waals surface area (Å²) in [5.74, 6) is 0.647. The summed E-state index contributed by atoms with van der Waals surface area (Å²) in [4.78, 5) is 31.9. The van der Waals surface area contributed by atoms with E-state index < -0.39 is 5.92 Å². The first-order valence-electron chi connectivity index (χ1n) is 9.71. The molecular formula is C22H27N3O3. The van der Waals surface area contributed by atoms with Crippen molar-refractivity contribution in [2.24, 2.45) is 5.92 Å². The molecule has 3 rings (SSSR count). The van der Waals surface area contributed by atoms with Gasteiger partial charge in [0, 0.05) is 18.7 Å². The fourth-order valence-electron chi connectivity index (χ4n) is 3.66. The van der Waals surface area contributed by atoms with Crippen LogP contribution in [0.25, 0.3) is 0 Å². The highest BCUT2D eigenvalue weighted by molar-refractivity contribution is 5.97. The van der Waals surface area contributed by atoms with Crippen molar-refractivity contribution in [2.75, 3.05) is 19.0 Å². The Balaban J connectivity index is 1.87. The molecule has 0 spiro atoms. The highest BCUT2D eigenvalue weighted by Gasteiger charge is 2.44. The zero-order valence-corrected chi connectivity index (χ0v) is 16.6. The van der Waals surface area contributed by atoms with Crippen LogP contribution in [-0.2, 0) is 9.59 Å². The SMILES string of the molecule is CCCCN1C(=O)C[C@H](C(=O)Nc2cccc(C)n2)[C@@H]1c1ccc(OC)cc1. The molecule has 148 valence electrons. The second kappa shape index (κ2) is 8.87. The number of amides is 2. The highest BCUT2D eigenvalue weighted by atomic mass is 16.5. The molecule has 1 aliphatic heterocycles. The minimum absolute atomic E-state index is 0.0200. The zero-order valence-electron chi connectivity index (χ0n) is 16.6. The molecule has 6 nitrogen and oxygen atoms in total. The summed E-state index contributed by atoms with van der Waals surface area (Å²) >= 11 is 0. The summed E-state index contributed by atoms with van der Waals surface area (Å²) in [6.45, 7) is 4.62. The number of anilines is 1. The van der Waals surface area contributed by atoms with E-state index in [-0.39, 0.29) is 24.3 Å². The average Bonchev–Trinajstić information content (AvgIpc) is 3.03. The number of likely N-dealkylation sites (tertiary alicyclic amines) is 1. The van der Waals surface area contributed by atoms with E-state index in [0.717, 1.165) is 29.8 Å². The Morgan fingerprint density at radius 2 is 2.00 bits per heavy atom. The lowest BCUT2D eigenvalue weighted by molar-refractivity contribution is -0.129. The first-order chi connectivity index (χ1) is 13.5. The predicted molar refractivity (Wildman–Crippen MR) is 108 cm³/mol. The number of aryl methyl sites for hydroxylation is 1. The maximum absolute atomic E-state index is 13.0. The number of benzene rings is 1. The number of nitrogens with zero attached hydrogens (tertiary/aromatic N) is 2. The molecule has 1 N–H and O–H groups in total. The minimum atomic E-state index is -0.458. The molecule has 0 bridgehead atoms. The molecule has 2 atom stereocenters. The van der Waals surface area contributed by atoms with Gasteiger partial charge in [-0.05, 0) is 43.2 Å². The van der Waals surface area contributed by atoms with Crippen LogP contribution in [0.1, 0.15) is 43.5 Å². The van der Waals surface area contributed by atoms with Gasteiger partial charge in [-0.15, -0.1) is 0 Å². The van der Waals surface area contributed by atoms with Gasteiger partial charge in [0.05, 0.1) is 19.1 Å². The lowest BCUT2D eigenvalue weighted by atomic mass is 9.92. The largest absolute Gasteiger partial charge is 0.497 e. The predicted octanol–water partition coefficient (Wildman–Crippen LogP) is 3.73. The van der Waals surface area contributed by atoms with Crippen LogP contribution in [0.15, 0.2) is 42.5 Å². The summed E-state index contributed by atoms with van der Waals surface area (Å²) in [5, 5.41) is 2.89. The molecular weight excluding hydrogens is 354 g/mol. The van der Waals surface area contributed by atoms with Crippen molar-refractivity contribution in [1.29, 1.82) is 0 Å². The van der Waals surface area contributed by atoms with Crippen molar-refractivity contribution in [3.63, 3.8) is 0 Å². The molecule has 0 aliphatic carbocycles. The topological polar surface area (TPSA) is 71.5 Å². The van der Waals surface area contributed by atoms with Crippen molar-refractivity contribution in [3.8, 4) is 5.75 Å². The average molecular weight is 381 g/mol. The Bertz CT molecular complexity index is 835. The van der Waals surface area contributed by atoms with E-state index in [1.165, 1.54) is 0 Å². The molecule has 0 unspecified atom stereocenters. The Kier molecular flexibility index (Phi) is 6.29. The van der Waals surface area contributed by atoms with Crippen LogP contribution in [-0.4, -0.2) is 35.4 Å². The number of unbranched alkanes of at least 4 members (excludes halogenated alkanes) is 1. The van der Waals surface area contributed by atoms with Gasteiger partial charge in [-0.1, -0.05) is 31.5 Å². The van der Waals surface area contributed by atoms with Crippen LogP contribution in [0.4, 0.5) is 5.82 Å². The van der Waals surface area contributed by atoms with Crippen LogP contribution < -0.4 is 10.1 Å². The normalized spacial score (nSPS) is 19.0. The zero-order chi connectivity index (χ0) is 20.1. The van der Waals surface area contributed by atoms with Crippen molar-refractivity contribution < 1.29 is 14.3 Å². The van der Waals surface area contributed by atoms with E-state index in [2.05, 4.69) is 17.2 Å². The lowest BCUT2D eigenvalue weighted by Crippen LogP contribution is -2.33. The quantitative estimate of drug-likeness (QED) is 0.793. The molecule has 0 saturated carbocycles. The number of carbonyl (C=O) groups is 2. The Hall–Kier alpha value is -2.89. The van der Waals surface area contributed by atoms with Crippen LogP contribution in [0.3, 0.4) is 0 Å². The van der Waals surface area contributed by atoms with Crippen LogP contribution in [0.5, 0.6) is 5.75 Å². The Morgan fingerprint density at radius 1 is 1.25 bits per heavy atom. The second-order valence-corrected chi connectivity index (χ2v) is 7.12. The number of hydrogen-bond donors (Lipinski definition) is 1. The summed E-state index contributed by atoms with van der Waals surface area (Å²) in [6.07, 6.45) is 2.10. The van der Waals surface area contributed by atoms with Gasteiger partial charge in [0.1, 0.15) is 11.6 Å². The van der Waals surface area contributed by atoms with Gasteiger partial charge in [-0.25, -0.2) is 4.98 Å². The minimum Gasteiger partial charge on any atom is -0.497 e. The summed E-state index contributed by atoms with van der Waals surface area (Å²) < 4.78 is 5.24. The molecule has 1 fully saturated rings. The number of hydrogen-bond acceptors (Lipinski definition) is 4. The number of pyridine rings is 1. The van der Waals surface area contributed by atoms with Gasteiger partial charge in [0.2, 0.25) is 11.8 Å². The maximum atomic E-state index is 13.0. The molecule has 2 aromatic rings. The maximum Gasteiger partial charge on any atom is 0.231 e. The summed E-state index contributed by atoms with van der Waals surface area (Å²) in [5.41, 5.74) is 1.77. The molecule has 6 heteroatoms. The van der Waals surface area contributed by atoms with Crippen LogP contribution in [0.2, 0.25) is 0 Å². The second-order valence-electron chi connectivity index (χ2n) is 7.12. The van der Waals surface area contributed by atoms with Crippen molar-refractivity contribution >= 4 is 17.6 Å². The van der Waals surface area contributed by atoms with Gasteiger partial charge >= 0.3 is 0 Å². The van der Waals surface area contributed by atoms with Gasteiger partial charge in [-0.3, -0.25) is 9.59 Å². The number of aromatic nitrogens is 1. The molecule has 1 saturated heterocycles. The van der Waals surface area contributed by atoms with Gasteiger partial charge in [-0.2, -0.15) is 0 Å². The number of methoxy groups -OCH3 is 1. The third kappa shape index (κ3) is 4.32. The number of nitrogens with one attached hydrogen (secondary N) is 1. The van der Waals surface area contributed by atoms with E-state index in [1.54, 1.807) is 13.2 Å². The van der Waals surface area contributed by atoms with Crippen LogP contribution >= 0.6 is 0 Å². The summed E-state index contributed by atoms with van der Waals surface area (Å²) in [6, 6.07) is 12.8. The third-order valence-electron chi connectivity index (χ3n) is 5.12. The monoisotopic (exact) mass is 381 g/mol. The standard InChI is InChI=1S/C22H27N3O3/c1-4-5-13-25-20(26)14-18(21(25)16-9-11-17(28-3)12-10-16)22(27)24-19-8-6-7-15(2)23-19/h6-12,18,21H,4-5,13-14H2,1-3H3,(H,23,24,27)/t18-,21-/m0/s1. The van der Waals surface area contributed by atoms with Crippen molar-refractivity contribution in [1.82, 2.24) is 9.88 Å². The number of ether oxygens (including phenoxy) is 1. The van der Waals surface area contributed by atoms with E-state index in [0.29, 0.717) is 12.4 Å². The molecule has 1 aromatic carbocycles. The number of rotatable bonds is 7. The van der Waals surface area contributed by atoms with Gasteiger partial charge in [0.25, 0.3) is 0 Å². The molecule has 0 radical (unpaired) electrons. The van der Waals surface area contributed by atoms with Crippen molar-refractivity contribution in [2.45, 2.75) is 39.2 Å². The first-order valence-corrected chi connectivity index (χ1v) is 9.71. The number of carbonyl (C=O) groups excluding carboxylic acids is 2. The van der Waals surface area contributed by atoms with E-state index in [9.17, 15) is 9.59 Å². The fraction of sp³-hybridized carbons (Fsp3) is 0.409. The molecule has 1 aromatic heterocycles. The van der Waals surface area contributed by atoms with Gasteiger partial charge < -0.3 is 15.0 Å². The molecule has 2 heterocycles. The van der Waals surface area contributed by atoms with Crippen LogP contribution in [0, 0.1) is 12.8 Å². The van der Waals surface area contributed by atoms with Crippen molar-refractivity contribution in [3.05, 3.63) is 53.7 Å². The Morgan fingerprint density at radius 3 is 2.64 bits per heavy atom. The van der Waals surface area contributed by atoms with E-state index >= 15 is 0 Å². The molecule has 28 heavy (non-hydrogen) atoms. The summed E-state index contributed by atoms with van der Waals surface area (Å²) in [7, 11) is 1.62. The molecule has 2 amide bonds. The van der Waals surface area contributed by atoms with E-state index in [1.807, 2.05) is 48.2 Å². The van der Waals surface area contributed by atoms with E-state index in [4.69, 9.17) is 4.74 Å². The smallest absolute Gasteiger partial charge is 0.231 e. The van der Waals surface area contributed by atoms with Gasteiger partial charge in [0.15, 0.2) is 0 Å². The first kappa shape index (κ1) is 19.9. The fourth-order valence-corrected chi connectivity index (χ4v) is 3.66. The highest BCUT2D eigenvalue weighted by Crippen LogP contribution is 2.39. The molecule has 1 aliphatic rings.